The molecule has 208 valence electrons. The fourth-order valence-corrected chi connectivity index (χ4v) is 6.76. The van der Waals surface area contributed by atoms with Gasteiger partial charge in [-0.05, 0) is 75.1 Å². The summed E-state index contributed by atoms with van der Waals surface area (Å²) in [5.41, 5.74) is 2.22. The number of benzene rings is 1. The number of thiophene rings is 1. The van der Waals surface area contributed by atoms with Crippen LogP contribution in [0.25, 0.3) is 5.69 Å². The molecule has 0 radical (unpaired) electrons. The second-order valence-electron chi connectivity index (χ2n) is 8.90. The first kappa shape index (κ1) is 28.1. The first-order valence-electron chi connectivity index (χ1n) is 12.7. The molecule has 5 rings (SSSR count). The van der Waals surface area contributed by atoms with Crippen LogP contribution in [0.4, 0.5) is 5.00 Å². The van der Waals surface area contributed by atoms with Gasteiger partial charge in [0, 0.05) is 15.0 Å². The Morgan fingerprint density at radius 1 is 1.20 bits per heavy atom. The van der Waals surface area contributed by atoms with Crippen LogP contribution in [0.3, 0.4) is 0 Å². The number of nitrogens with one attached hydrogen (secondary N) is 2. The Morgan fingerprint density at radius 3 is 2.73 bits per heavy atom. The lowest BCUT2D eigenvalue weighted by Gasteiger charge is -2.14. The molecule has 0 fully saturated rings. The summed E-state index contributed by atoms with van der Waals surface area (Å²) in [6.45, 7) is 3.89. The molecule has 0 bridgehead atoms. The van der Waals surface area contributed by atoms with Crippen molar-refractivity contribution in [3.8, 4) is 5.69 Å². The summed E-state index contributed by atoms with van der Waals surface area (Å²) < 4.78 is 13.1. The number of amides is 2. The molecular formula is C27H26BrN5O5S2. The van der Waals surface area contributed by atoms with E-state index < -0.39 is 11.2 Å². The molecule has 0 spiro atoms. The number of anilines is 1. The van der Waals surface area contributed by atoms with Crippen LogP contribution in [-0.2, 0) is 28.9 Å². The zero-order chi connectivity index (χ0) is 28.2. The van der Waals surface area contributed by atoms with Crippen molar-refractivity contribution in [2.24, 2.45) is 0 Å². The molecule has 1 aliphatic carbocycles. The van der Waals surface area contributed by atoms with Gasteiger partial charge in [-0.2, -0.15) is 0 Å². The quantitative estimate of drug-likeness (QED) is 0.174. The highest BCUT2D eigenvalue weighted by molar-refractivity contribution is 9.10. The molecule has 0 aliphatic heterocycles. The molecule has 1 aromatic carbocycles. The molecule has 2 amide bonds. The number of thioether (sulfide) groups is 1. The summed E-state index contributed by atoms with van der Waals surface area (Å²) in [5.74, 6) is -0.382. The summed E-state index contributed by atoms with van der Waals surface area (Å²) in [6, 6.07) is 10.8. The van der Waals surface area contributed by atoms with Gasteiger partial charge in [0.2, 0.25) is 5.91 Å². The maximum Gasteiger partial charge on any atom is 0.341 e. The Labute approximate surface area is 247 Å². The normalized spacial score (nSPS) is 13.1. The molecule has 0 saturated heterocycles. The van der Waals surface area contributed by atoms with Gasteiger partial charge in [-0.3, -0.25) is 14.2 Å². The molecule has 0 unspecified atom stereocenters. The van der Waals surface area contributed by atoms with Crippen molar-refractivity contribution in [2.75, 3.05) is 11.9 Å². The Balaban J connectivity index is 1.36. The van der Waals surface area contributed by atoms with Crippen molar-refractivity contribution < 1.29 is 23.5 Å². The third-order valence-corrected chi connectivity index (χ3v) is 9.00. The van der Waals surface area contributed by atoms with Crippen LogP contribution in [0.1, 0.15) is 57.4 Å². The minimum Gasteiger partial charge on any atom is -0.462 e. The molecule has 2 N–H and O–H groups in total. The van der Waals surface area contributed by atoms with Gasteiger partial charge in [-0.1, -0.05) is 27.7 Å². The van der Waals surface area contributed by atoms with Crippen LogP contribution >= 0.6 is 39.0 Å². The summed E-state index contributed by atoms with van der Waals surface area (Å²) in [7, 11) is 0. The summed E-state index contributed by atoms with van der Waals surface area (Å²) in [4.78, 5) is 39.6. The maximum atomic E-state index is 13.3. The minimum absolute atomic E-state index is 0.0907. The number of hydrogen-bond acceptors (Lipinski definition) is 9. The lowest BCUT2D eigenvalue weighted by atomic mass is 10.1. The molecule has 13 heteroatoms. The van der Waals surface area contributed by atoms with Crippen LogP contribution in [0, 0.1) is 0 Å². The third-order valence-electron chi connectivity index (χ3n) is 6.23. The van der Waals surface area contributed by atoms with E-state index in [1.165, 1.54) is 29.4 Å². The smallest absolute Gasteiger partial charge is 0.341 e. The van der Waals surface area contributed by atoms with Gasteiger partial charge in [-0.25, -0.2) is 4.79 Å². The lowest BCUT2D eigenvalue weighted by molar-refractivity contribution is -0.115. The van der Waals surface area contributed by atoms with Gasteiger partial charge in [-0.15, -0.1) is 21.5 Å². The van der Waals surface area contributed by atoms with E-state index in [2.05, 4.69) is 36.8 Å². The predicted octanol–water partition coefficient (Wildman–Crippen LogP) is 5.40. The third kappa shape index (κ3) is 6.01. The number of furan rings is 1. The fraction of sp³-hybridized carbons (Fsp3) is 0.296. The summed E-state index contributed by atoms with van der Waals surface area (Å²) in [6.07, 6.45) is 4.11. The van der Waals surface area contributed by atoms with Crippen LogP contribution in [-0.4, -0.2) is 44.4 Å². The zero-order valence-electron chi connectivity index (χ0n) is 21.7. The largest absolute Gasteiger partial charge is 0.462 e. The van der Waals surface area contributed by atoms with Crippen molar-refractivity contribution in [2.45, 2.75) is 50.1 Å². The number of halogens is 1. The fourth-order valence-electron chi connectivity index (χ4n) is 4.33. The van der Waals surface area contributed by atoms with Gasteiger partial charge >= 0.3 is 5.97 Å². The Kier molecular flexibility index (Phi) is 8.72. The topological polar surface area (TPSA) is 128 Å². The standard InChI is InChI=1S/C27H26BrN5O5S2/c1-3-37-26(36)22-18-6-4-8-20(18)40-25(22)30-23(34)15(2)39-27-32-31-21(14-29-24(35)19-7-5-13-38-19)33(27)17-11-9-16(28)10-12-17/h5,7,9-13,15H,3-4,6,8,14H2,1-2H3,(H,29,35)(H,30,34)/t15-/m1/s1. The number of hydrogen-bond donors (Lipinski definition) is 2. The molecule has 40 heavy (non-hydrogen) atoms. The minimum atomic E-state index is -0.573. The van der Waals surface area contributed by atoms with E-state index in [1.54, 1.807) is 30.5 Å². The molecule has 1 aliphatic rings. The Morgan fingerprint density at radius 2 is 2.00 bits per heavy atom. The summed E-state index contributed by atoms with van der Waals surface area (Å²) >= 11 is 6.12. The van der Waals surface area contributed by atoms with Crippen molar-refractivity contribution in [1.29, 1.82) is 0 Å². The molecule has 4 aromatic rings. The average Bonchev–Trinajstić information content (AvgIpc) is 3.73. The number of aryl methyl sites for hydroxylation is 1. The van der Waals surface area contributed by atoms with E-state index in [-0.39, 0.29) is 30.7 Å². The van der Waals surface area contributed by atoms with Crippen molar-refractivity contribution in [1.82, 2.24) is 20.1 Å². The number of rotatable bonds is 10. The van der Waals surface area contributed by atoms with Gasteiger partial charge in [0.05, 0.1) is 30.2 Å². The molecular weight excluding hydrogens is 618 g/mol. The maximum absolute atomic E-state index is 13.3. The van der Waals surface area contributed by atoms with Crippen LogP contribution in [0.2, 0.25) is 0 Å². The van der Waals surface area contributed by atoms with E-state index in [0.717, 1.165) is 39.9 Å². The van der Waals surface area contributed by atoms with Crippen molar-refractivity contribution >= 4 is 61.8 Å². The number of carbonyl (C=O) groups is 3. The van der Waals surface area contributed by atoms with E-state index in [0.29, 0.717) is 21.5 Å². The second-order valence-corrected chi connectivity index (χ2v) is 12.2. The molecule has 10 nitrogen and oxygen atoms in total. The van der Waals surface area contributed by atoms with E-state index in [4.69, 9.17) is 9.15 Å². The molecule has 0 saturated carbocycles. The van der Waals surface area contributed by atoms with Gasteiger partial charge < -0.3 is 19.8 Å². The second kappa shape index (κ2) is 12.4. The number of nitrogens with zero attached hydrogens (tertiary/aromatic N) is 3. The van der Waals surface area contributed by atoms with Gasteiger partial charge in [0.25, 0.3) is 5.91 Å². The SMILES string of the molecule is CCOC(=O)c1c(NC(=O)[C@@H](C)Sc2nnc(CNC(=O)c3ccco3)n2-c2ccc(Br)cc2)sc2c1CCC2. The Hall–Kier alpha value is -3.42. The van der Waals surface area contributed by atoms with Crippen LogP contribution in [0.15, 0.2) is 56.7 Å². The highest BCUT2D eigenvalue weighted by atomic mass is 79.9. The number of fused-ring (bicyclic) bond motifs is 1. The van der Waals surface area contributed by atoms with E-state index in [9.17, 15) is 14.4 Å². The van der Waals surface area contributed by atoms with Crippen LogP contribution < -0.4 is 10.6 Å². The van der Waals surface area contributed by atoms with Crippen molar-refractivity contribution in [3.63, 3.8) is 0 Å². The monoisotopic (exact) mass is 643 g/mol. The molecule has 1 atom stereocenters. The number of esters is 1. The van der Waals surface area contributed by atoms with E-state index in [1.807, 2.05) is 24.3 Å². The average molecular weight is 645 g/mol. The number of ether oxygens (including phenoxy) is 1. The highest BCUT2D eigenvalue weighted by Gasteiger charge is 2.30. The summed E-state index contributed by atoms with van der Waals surface area (Å²) in [5, 5.41) is 14.8. The van der Waals surface area contributed by atoms with Gasteiger partial charge in [0.1, 0.15) is 5.00 Å². The molecule has 3 aromatic heterocycles. The van der Waals surface area contributed by atoms with E-state index >= 15 is 0 Å². The highest BCUT2D eigenvalue weighted by Crippen LogP contribution is 2.40. The zero-order valence-corrected chi connectivity index (χ0v) is 25.0. The molecule has 3 heterocycles. The lowest BCUT2D eigenvalue weighted by Crippen LogP contribution is -2.25. The first-order valence-corrected chi connectivity index (χ1v) is 15.2. The Bertz CT molecular complexity index is 1530. The van der Waals surface area contributed by atoms with Crippen LogP contribution in [0.5, 0.6) is 0 Å². The predicted molar refractivity (Wildman–Crippen MR) is 155 cm³/mol. The number of carbonyl (C=O) groups excluding carboxylic acids is 3. The first-order chi connectivity index (χ1) is 19.4. The number of aromatic nitrogens is 3. The van der Waals surface area contributed by atoms with Gasteiger partial charge in [0.15, 0.2) is 16.7 Å². The van der Waals surface area contributed by atoms with Crippen molar-refractivity contribution in [3.05, 3.63) is 74.7 Å².